The van der Waals surface area contributed by atoms with Gasteiger partial charge in [0.2, 0.25) is 3.12 Å². The van der Waals surface area contributed by atoms with Gasteiger partial charge in [0.1, 0.15) is 0 Å². The van der Waals surface area contributed by atoms with E-state index in [0.717, 1.165) is 19.3 Å². The Morgan fingerprint density at radius 3 is 2.48 bits per heavy atom. The molecule has 0 saturated heterocycles. The lowest BCUT2D eigenvalue weighted by Crippen LogP contribution is -2.11. The fourth-order valence-electron chi connectivity index (χ4n) is 3.65. The summed E-state index contributed by atoms with van der Waals surface area (Å²) >= 11 is 19.5. The second-order valence-electron chi connectivity index (χ2n) is 5.96. The van der Waals surface area contributed by atoms with Crippen LogP contribution in [0.15, 0.2) is 48.5 Å². The molecule has 23 heavy (non-hydrogen) atoms. The third-order valence-corrected chi connectivity index (χ3v) is 6.43. The molecule has 1 aliphatic rings. The van der Waals surface area contributed by atoms with Crippen LogP contribution in [0.4, 0.5) is 0 Å². The van der Waals surface area contributed by atoms with Crippen LogP contribution in [0.5, 0.6) is 0 Å². The summed E-state index contributed by atoms with van der Waals surface area (Å²) in [5.41, 5.74) is 2.75. The highest BCUT2D eigenvalue weighted by Crippen LogP contribution is 2.52. The van der Waals surface area contributed by atoms with Crippen molar-refractivity contribution in [1.29, 1.82) is 0 Å². The van der Waals surface area contributed by atoms with E-state index in [-0.39, 0.29) is 5.25 Å². The zero-order chi connectivity index (χ0) is 16.0. The van der Waals surface area contributed by atoms with Gasteiger partial charge < -0.3 is 0 Å². The first-order valence-electron chi connectivity index (χ1n) is 7.71. The molecular weight excluding hydrogens is 367 g/mol. The molecule has 0 saturated carbocycles. The molecule has 0 aromatic heterocycles. The monoisotopic (exact) mass is 380 g/mol. The van der Waals surface area contributed by atoms with E-state index in [4.69, 9.17) is 34.8 Å². The smallest absolute Gasteiger partial charge is 0.0989 e. The molecule has 0 aliphatic heterocycles. The maximum absolute atomic E-state index is 6.02. The predicted octanol–water partition coefficient (Wildman–Crippen LogP) is 7.43. The lowest BCUT2D eigenvalue weighted by Gasteiger charge is -2.28. The quantitative estimate of drug-likeness (QED) is 0.312. The fourth-order valence-corrected chi connectivity index (χ4v) is 5.57. The average molecular weight is 382 g/mol. The Balaban J connectivity index is 1.91. The highest BCUT2D eigenvalue weighted by atomic mass is 35.6. The summed E-state index contributed by atoms with van der Waals surface area (Å²) in [4.78, 5) is 0. The van der Waals surface area contributed by atoms with Gasteiger partial charge in [0, 0.05) is 5.25 Å². The van der Waals surface area contributed by atoms with Crippen molar-refractivity contribution in [3.8, 4) is 0 Å². The first kappa shape index (κ1) is 15.9. The van der Waals surface area contributed by atoms with Gasteiger partial charge in [-0.25, -0.2) is 0 Å². The van der Waals surface area contributed by atoms with Crippen LogP contribution in [0, 0.1) is 0 Å². The molecule has 0 spiro atoms. The SMILES string of the molecule is ClC(Cl)(Cl)SC1CCCc2c1ccc1c2ccc2ccccc21. The Morgan fingerprint density at radius 1 is 0.870 bits per heavy atom. The molecule has 0 fully saturated rings. The third kappa shape index (κ3) is 3.05. The zero-order valence-electron chi connectivity index (χ0n) is 12.4. The van der Waals surface area contributed by atoms with Crippen LogP contribution in [-0.2, 0) is 6.42 Å². The van der Waals surface area contributed by atoms with Crippen LogP contribution in [-0.4, -0.2) is 3.12 Å². The number of fused-ring (bicyclic) bond motifs is 5. The van der Waals surface area contributed by atoms with Gasteiger partial charge in [-0.3, -0.25) is 0 Å². The standard InChI is InChI=1S/C19H15Cl3S/c20-19(21,22)23-18-7-3-6-14-16-9-8-12-4-1-2-5-13(12)15(16)10-11-17(14)18/h1-2,4-5,8-11,18H,3,6-7H2. The zero-order valence-corrected chi connectivity index (χ0v) is 15.4. The number of thioether (sulfide) groups is 1. The van der Waals surface area contributed by atoms with E-state index in [0.29, 0.717) is 0 Å². The fraction of sp³-hybridized carbons (Fsp3) is 0.263. The van der Waals surface area contributed by atoms with Gasteiger partial charge in [-0.05, 0) is 51.9 Å². The normalized spacial score (nSPS) is 18.3. The van der Waals surface area contributed by atoms with Gasteiger partial charge in [0.15, 0.2) is 0 Å². The van der Waals surface area contributed by atoms with Crippen LogP contribution in [0.1, 0.15) is 29.2 Å². The molecule has 4 heteroatoms. The number of aryl methyl sites for hydroxylation is 1. The van der Waals surface area contributed by atoms with Crippen LogP contribution in [0.3, 0.4) is 0 Å². The molecule has 1 aliphatic carbocycles. The van der Waals surface area contributed by atoms with Gasteiger partial charge in [-0.2, -0.15) is 0 Å². The van der Waals surface area contributed by atoms with Gasteiger partial charge in [-0.15, -0.1) is 0 Å². The van der Waals surface area contributed by atoms with Crippen molar-refractivity contribution in [2.75, 3.05) is 0 Å². The lowest BCUT2D eigenvalue weighted by molar-refractivity contribution is 0.678. The molecule has 0 nitrogen and oxygen atoms in total. The molecule has 0 radical (unpaired) electrons. The molecular formula is C19H15Cl3S. The van der Waals surface area contributed by atoms with Crippen LogP contribution < -0.4 is 0 Å². The van der Waals surface area contributed by atoms with Crippen molar-refractivity contribution in [3.05, 3.63) is 59.7 Å². The minimum absolute atomic E-state index is 0.252. The molecule has 3 aromatic rings. The van der Waals surface area contributed by atoms with Crippen molar-refractivity contribution < 1.29 is 0 Å². The number of rotatable bonds is 1. The second-order valence-corrected chi connectivity index (χ2v) is 10.3. The number of hydrogen-bond donors (Lipinski definition) is 0. The molecule has 1 atom stereocenters. The molecule has 0 amide bonds. The van der Waals surface area contributed by atoms with Crippen molar-refractivity contribution >= 4 is 68.1 Å². The Hall–Kier alpha value is -0.600. The van der Waals surface area contributed by atoms with Gasteiger partial charge in [0.05, 0.1) is 0 Å². The lowest BCUT2D eigenvalue weighted by atomic mass is 9.86. The Morgan fingerprint density at radius 2 is 1.65 bits per heavy atom. The highest BCUT2D eigenvalue weighted by Gasteiger charge is 2.30. The summed E-state index contributed by atoms with van der Waals surface area (Å²) < 4.78 is -1.27. The maximum atomic E-state index is 6.02. The summed E-state index contributed by atoms with van der Waals surface area (Å²) in [5, 5.41) is 5.51. The predicted molar refractivity (Wildman–Crippen MR) is 105 cm³/mol. The average Bonchev–Trinajstić information content (AvgIpc) is 2.53. The van der Waals surface area contributed by atoms with E-state index in [1.54, 1.807) is 0 Å². The van der Waals surface area contributed by atoms with Gasteiger partial charge in [0.25, 0.3) is 0 Å². The van der Waals surface area contributed by atoms with E-state index in [9.17, 15) is 0 Å². The number of alkyl halides is 3. The molecule has 0 bridgehead atoms. The largest absolute Gasteiger partial charge is 0.238 e. The first-order chi connectivity index (χ1) is 11.0. The van der Waals surface area contributed by atoms with E-state index >= 15 is 0 Å². The van der Waals surface area contributed by atoms with Crippen LogP contribution >= 0.6 is 46.6 Å². The van der Waals surface area contributed by atoms with Crippen LogP contribution in [0.25, 0.3) is 21.5 Å². The minimum atomic E-state index is -1.27. The first-order valence-corrected chi connectivity index (χ1v) is 9.72. The van der Waals surface area contributed by atoms with Crippen molar-refractivity contribution in [3.63, 3.8) is 0 Å². The van der Waals surface area contributed by atoms with E-state index in [1.807, 2.05) is 0 Å². The number of benzene rings is 3. The number of halogens is 3. The van der Waals surface area contributed by atoms with Crippen molar-refractivity contribution in [1.82, 2.24) is 0 Å². The Bertz CT molecular complexity index is 883. The summed E-state index contributed by atoms with van der Waals surface area (Å²) in [6, 6.07) is 17.5. The minimum Gasteiger partial charge on any atom is -0.0989 e. The molecule has 0 heterocycles. The van der Waals surface area contributed by atoms with Crippen LogP contribution in [0.2, 0.25) is 0 Å². The Kier molecular flexibility index (Phi) is 4.18. The highest BCUT2D eigenvalue weighted by molar-refractivity contribution is 8.04. The number of hydrogen-bond acceptors (Lipinski definition) is 1. The molecule has 1 unspecified atom stereocenters. The Labute approximate surface area is 155 Å². The van der Waals surface area contributed by atoms with E-state index in [2.05, 4.69) is 48.5 Å². The molecule has 118 valence electrons. The van der Waals surface area contributed by atoms with Crippen molar-refractivity contribution in [2.24, 2.45) is 0 Å². The topological polar surface area (TPSA) is 0 Å². The summed E-state index contributed by atoms with van der Waals surface area (Å²) in [5.74, 6) is 0. The summed E-state index contributed by atoms with van der Waals surface area (Å²) in [6.07, 6.45) is 3.30. The molecule has 0 N–H and O–H groups in total. The molecule has 3 aromatic carbocycles. The van der Waals surface area contributed by atoms with E-state index < -0.39 is 3.12 Å². The van der Waals surface area contributed by atoms with Gasteiger partial charge in [-0.1, -0.05) is 95.1 Å². The summed E-state index contributed by atoms with van der Waals surface area (Å²) in [7, 11) is 0. The van der Waals surface area contributed by atoms with Gasteiger partial charge >= 0.3 is 0 Å². The van der Waals surface area contributed by atoms with Crippen molar-refractivity contribution in [2.45, 2.75) is 27.6 Å². The maximum Gasteiger partial charge on any atom is 0.238 e. The van der Waals surface area contributed by atoms with E-state index in [1.165, 1.54) is 44.4 Å². The summed E-state index contributed by atoms with van der Waals surface area (Å²) in [6.45, 7) is 0. The molecule has 4 rings (SSSR count). The third-order valence-electron chi connectivity index (χ3n) is 4.59. The second kappa shape index (κ2) is 6.04.